The highest BCUT2D eigenvalue weighted by Gasteiger charge is 1.92. The van der Waals surface area contributed by atoms with Crippen LogP contribution in [-0.2, 0) is 0 Å². The van der Waals surface area contributed by atoms with E-state index in [1.807, 2.05) is 0 Å². The number of aromatic nitrogens is 1. The Bertz CT molecular complexity index is 208. The van der Waals surface area contributed by atoms with Crippen molar-refractivity contribution in [2.45, 2.75) is 0 Å². The van der Waals surface area contributed by atoms with E-state index in [-0.39, 0.29) is 5.17 Å². The molecule has 46 valence electrons. The third-order valence-electron chi connectivity index (χ3n) is 0.915. The summed E-state index contributed by atoms with van der Waals surface area (Å²) < 4.78 is 0. The van der Waals surface area contributed by atoms with E-state index in [1.165, 1.54) is 0 Å². The van der Waals surface area contributed by atoms with Gasteiger partial charge in [-0.1, -0.05) is 11.6 Å². The fourth-order valence-electron chi connectivity index (χ4n) is 0.493. The molecule has 0 saturated heterocycles. The molecule has 1 rings (SSSR count). The van der Waals surface area contributed by atoms with Crippen LogP contribution >= 0.6 is 11.6 Å². The number of nitrogens with zero attached hydrogens (tertiary/aromatic N) is 1. The summed E-state index contributed by atoms with van der Waals surface area (Å²) in [5.41, 5.74) is 0.652. The Kier molecular flexibility index (Phi) is 1.80. The van der Waals surface area contributed by atoms with Crippen molar-refractivity contribution in [3.8, 4) is 0 Å². The van der Waals surface area contributed by atoms with E-state index in [0.29, 0.717) is 5.56 Å². The van der Waals surface area contributed by atoms with Crippen LogP contribution in [0.25, 0.3) is 0 Å². The minimum absolute atomic E-state index is 0.0306. The number of pyridine rings is 1. The minimum Gasteiger partial charge on any atom is -0.289 e. The molecule has 1 N–H and O–H groups in total. The van der Waals surface area contributed by atoms with Crippen molar-refractivity contribution in [2.75, 3.05) is 0 Å². The number of hydrogen-bond acceptors (Lipinski definition) is 2. The Balaban J connectivity index is 2.98. The maximum absolute atomic E-state index is 6.96. The second-order valence-electron chi connectivity index (χ2n) is 1.56. The summed E-state index contributed by atoms with van der Waals surface area (Å²) in [7, 11) is 0. The zero-order chi connectivity index (χ0) is 6.69. The summed E-state index contributed by atoms with van der Waals surface area (Å²) in [5.74, 6) is 0. The number of rotatable bonds is 1. The third kappa shape index (κ3) is 1.50. The fraction of sp³-hybridized carbons (Fsp3) is 0. The summed E-state index contributed by atoms with van der Waals surface area (Å²) >= 11 is 5.35. The number of halogens is 1. The summed E-state index contributed by atoms with van der Waals surface area (Å²) in [6.45, 7) is 0. The first kappa shape index (κ1) is 6.23. The maximum atomic E-state index is 6.96. The molecule has 1 aromatic heterocycles. The SMILES string of the molecule is N=C(Cl)c1cccnc1. The van der Waals surface area contributed by atoms with Gasteiger partial charge < -0.3 is 0 Å². The highest BCUT2D eigenvalue weighted by Crippen LogP contribution is 1.98. The third-order valence-corrected chi connectivity index (χ3v) is 1.13. The second-order valence-corrected chi connectivity index (χ2v) is 1.93. The lowest BCUT2D eigenvalue weighted by atomic mass is 10.3. The zero-order valence-electron chi connectivity index (χ0n) is 4.63. The lowest BCUT2D eigenvalue weighted by Gasteiger charge is -1.89. The molecule has 0 aromatic carbocycles. The van der Waals surface area contributed by atoms with Gasteiger partial charge in [0.15, 0.2) is 0 Å². The molecule has 2 nitrogen and oxygen atoms in total. The van der Waals surface area contributed by atoms with Gasteiger partial charge in [0.1, 0.15) is 5.17 Å². The second kappa shape index (κ2) is 2.60. The largest absolute Gasteiger partial charge is 0.289 e. The van der Waals surface area contributed by atoms with Crippen LogP contribution in [0.1, 0.15) is 5.56 Å². The molecule has 0 bridgehead atoms. The molecule has 0 amide bonds. The lowest BCUT2D eigenvalue weighted by Crippen LogP contribution is -1.87. The van der Waals surface area contributed by atoms with Gasteiger partial charge in [0, 0.05) is 18.0 Å². The van der Waals surface area contributed by atoms with Crippen LogP contribution in [0.2, 0.25) is 0 Å². The van der Waals surface area contributed by atoms with Crippen molar-refractivity contribution < 1.29 is 0 Å². The van der Waals surface area contributed by atoms with Crippen LogP contribution in [0, 0.1) is 5.41 Å². The van der Waals surface area contributed by atoms with Gasteiger partial charge in [0.25, 0.3) is 0 Å². The van der Waals surface area contributed by atoms with Gasteiger partial charge in [0.2, 0.25) is 0 Å². The number of hydrogen-bond donors (Lipinski definition) is 1. The average Bonchev–Trinajstić information content (AvgIpc) is 1.90. The standard InChI is InChI=1S/C6H5ClN2/c7-6(8)5-2-1-3-9-4-5/h1-4,8H. The predicted octanol–water partition coefficient (Wildman–Crippen LogP) is 1.65. The summed E-state index contributed by atoms with van der Waals surface area (Å²) in [5, 5.41) is 6.99. The Morgan fingerprint density at radius 2 is 2.44 bits per heavy atom. The summed E-state index contributed by atoms with van der Waals surface area (Å²) in [6, 6.07) is 3.48. The van der Waals surface area contributed by atoms with Crippen LogP contribution in [-0.4, -0.2) is 10.2 Å². The van der Waals surface area contributed by atoms with E-state index in [0.717, 1.165) is 0 Å². The van der Waals surface area contributed by atoms with Crippen LogP contribution in [0.5, 0.6) is 0 Å². The molecule has 0 fully saturated rings. The van der Waals surface area contributed by atoms with Crippen molar-refractivity contribution >= 4 is 16.8 Å². The van der Waals surface area contributed by atoms with Crippen molar-refractivity contribution in [1.29, 1.82) is 5.41 Å². The monoisotopic (exact) mass is 140 g/mol. The first-order chi connectivity index (χ1) is 4.30. The molecule has 0 spiro atoms. The lowest BCUT2D eigenvalue weighted by molar-refractivity contribution is 1.31. The van der Waals surface area contributed by atoms with Gasteiger partial charge >= 0.3 is 0 Å². The van der Waals surface area contributed by atoms with Crippen LogP contribution in [0.15, 0.2) is 24.5 Å². The molecular formula is C6H5ClN2. The van der Waals surface area contributed by atoms with Crippen molar-refractivity contribution in [2.24, 2.45) is 0 Å². The summed E-state index contributed by atoms with van der Waals surface area (Å²) in [6.07, 6.45) is 3.19. The molecule has 0 saturated carbocycles. The molecule has 3 heteroatoms. The average molecular weight is 141 g/mol. The maximum Gasteiger partial charge on any atom is 0.129 e. The van der Waals surface area contributed by atoms with E-state index in [1.54, 1.807) is 24.5 Å². The first-order valence-corrected chi connectivity index (χ1v) is 2.83. The van der Waals surface area contributed by atoms with E-state index >= 15 is 0 Å². The van der Waals surface area contributed by atoms with Gasteiger partial charge in [0.05, 0.1) is 0 Å². The predicted molar refractivity (Wildman–Crippen MR) is 36.9 cm³/mol. The fourth-order valence-corrected chi connectivity index (χ4v) is 0.604. The van der Waals surface area contributed by atoms with Crippen LogP contribution < -0.4 is 0 Å². The van der Waals surface area contributed by atoms with Gasteiger partial charge in [-0.05, 0) is 12.1 Å². The van der Waals surface area contributed by atoms with Gasteiger partial charge in [-0.3, -0.25) is 10.4 Å². The molecule has 0 unspecified atom stereocenters. The molecular weight excluding hydrogens is 136 g/mol. The molecule has 9 heavy (non-hydrogen) atoms. The quantitative estimate of drug-likeness (QED) is 0.592. The molecule has 1 heterocycles. The molecule has 0 aliphatic carbocycles. The molecule has 0 aliphatic heterocycles. The zero-order valence-corrected chi connectivity index (χ0v) is 5.39. The highest BCUT2D eigenvalue weighted by molar-refractivity contribution is 6.68. The molecule has 1 aromatic rings. The Hall–Kier alpha value is -0.890. The first-order valence-electron chi connectivity index (χ1n) is 2.45. The van der Waals surface area contributed by atoms with E-state index in [9.17, 15) is 0 Å². The Morgan fingerprint density at radius 3 is 2.78 bits per heavy atom. The van der Waals surface area contributed by atoms with Gasteiger partial charge in [-0.15, -0.1) is 0 Å². The minimum atomic E-state index is 0.0306. The van der Waals surface area contributed by atoms with Gasteiger partial charge in [-0.2, -0.15) is 0 Å². The smallest absolute Gasteiger partial charge is 0.129 e. The Labute approximate surface area is 58.0 Å². The van der Waals surface area contributed by atoms with Gasteiger partial charge in [-0.25, -0.2) is 0 Å². The van der Waals surface area contributed by atoms with Crippen LogP contribution in [0.3, 0.4) is 0 Å². The van der Waals surface area contributed by atoms with Crippen molar-refractivity contribution in [1.82, 2.24) is 4.98 Å². The van der Waals surface area contributed by atoms with E-state index in [2.05, 4.69) is 4.98 Å². The molecule has 0 aliphatic rings. The Morgan fingerprint density at radius 1 is 1.67 bits per heavy atom. The summed E-state index contributed by atoms with van der Waals surface area (Å²) in [4.78, 5) is 3.78. The highest BCUT2D eigenvalue weighted by atomic mass is 35.5. The van der Waals surface area contributed by atoms with Crippen molar-refractivity contribution in [3.63, 3.8) is 0 Å². The van der Waals surface area contributed by atoms with Crippen molar-refractivity contribution in [3.05, 3.63) is 30.1 Å². The normalized spacial score (nSPS) is 9.00. The topological polar surface area (TPSA) is 36.7 Å². The van der Waals surface area contributed by atoms with E-state index < -0.39 is 0 Å². The number of nitrogens with one attached hydrogen (secondary N) is 1. The van der Waals surface area contributed by atoms with E-state index in [4.69, 9.17) is 17.0 Å². The van der Waals surface area contributed by atoms with Crippen LogP contribution in [0.4, 0.5) is 0 Å². The molecule has 0 radical (unpaired) electrons. The molecule has 0 atom stereocenters.